The number of methoxy groups -OCH3 is 1. The predicted molar refractivity (Wildman–Crippen MR) is 106 cm³/mol. The fraction of sp³-hybridized carbons (Fsp3) is 0.444. The van der Waals surface area contributed by atoms with Crippen molar-refractivity contribution in [3.8, 4) is 5.75 Å². The number of ether oxygens (including phenoxy) is 1. The van der Waals surface area contributed by atoms with Crippen molar-refractivity contribution < 1.29 is 4.74 Å². The van der Waals surface area contributed by atoms with Gasteiger partial charge in [0.25, 0.3) is 0 Å². The van der Waals surface area contributed by atoms with E-state index in [2.05, 4.69) is 47.0 Å². The number of halogens is 2. The summed E-state index contributed by atoms with van der Waals surface area (Å²) >= 11 is 0. The minimum absolute atomic E-state index is 0. The molecule has 1 aromatic heterocycles. The first-order chi connectivity index (χ1) is 10.7. The maximum Gasteiger partial charge on any atom is 0.119 e. The second-order valence-corrected chi connectivity index (χ2v) is 6.12. The Hall–Kier alpha value is -1.20. The van der Waals surface area contributed by atoms with Gasteiger partial charge >= 0.3 is 0 Å². The molecular formula is C18H27Cl2N3O. The van der Waals surface area contributed by atoms with Crippen LogP contribution >= 0.6 is 24.8 Å². The molecule has 1 atom stereocenters. The Bertz CT molecular complexity index is 665. The summed E-state index contributed by atoms with van der Waals surface area (Å²) in [5.74, 6) is 0.905. The molecule has 0 saturated carbocycles. The number of H-pyrrole nitrogens is 1. The minimum Gasteiger partial charge on any atom is -0.497 e. The largest absolute Gasteiger partial charge is 0.497 e. The predicted octanol–water partition coefficient (Wildman–Crippen LogP) is 3.93. The third-order valence-electron chi connectivity index (χ3n) is 4.41. The molecule has 0 unspecified atom stereocenters. The van der Waals surface area contributed by atoms with Gasteiger partial charge in [-0.1, -0.05) is 5.57 Å². The lowest BCUT2D eigenvalue weighted by atomic mass is 9.97. The number of aromatic nitrogens is 1. The van der Waals surface area contributed by atoms with Crippen molar-refractivity contribution in [3.05, 3.63) is 42.1 Å². The highest BCUT2D eigenvalue weighted by atomic mass is 35.5. The van der Waals surface area contributed by atoms with Gasteiger partial charge in [0, 0.05) is 49.3 Å². The number of rotatable bonds is 5. The van der Waals surface area contributed by atoms with Crippen molar-refractivity contribution in [2.24, 2.45) is 0 Å². The molecule has 6 heteroatoms. The molecule has 4 nitrogen and oxygen atoms in total. The van der Waals surface area contributed by atoms with Crippen LogP contribution in [0, 0.1) is 0 Å². The van der Waals surface area contributed by atoms with E-state index in [4.69, 9.17) is 4.74 Å². The van der Waals surface area contributed by atoms with Gasteiger partial charge in [0.15, 0.2) is 0 Å². The summed E-state index contributed by atoms with van der Waals surface area (Å²) in [6, 6.07) is 6.60. The molecular weight excluding hydrogens is 345 g/mol. The molecule has 0 aliphatic carbocycles. The molecule has 1 aliphatic rings. The first kappa shape index (κ1) is 20.8. The summed E-state index contributed by atoms with van der Waals surface area (Å²) in [5, 5.41) is 4.69. The number of benzene rings is 1. The zero-order valence-corrected chi connectivity index (χ0v) is 15.9. The Balaban J connectivity index is 0.00000144. The SMILES string of the molecule is C=C(C)C[C@H](c1c[nH]c2ccc(OC)cc12)N1CCNCC1.Cl.Cl. The molecule has 3 rings (SSSR count). The summed E-state index contributed by atoms with van der Waals surface area (Å²) in [7, 11) is 1.72. The van der Waals surface area contributed by atoms with Crippen LogP contribution in [-0.4, -0.2) is 43.2 Å². The van der Waals surface area contributed by atoms with Crippen LogP contribution in [0.4, 0.5) is 0 Å². The maximum atomic E-state index is 5.40. The summed E-state index contributed by atoms with van der Waals surface area (Å²) in [6.07, 6.45) is 3.14. The minimum atomic E-state index is 0. The van der Waals surface area contributed by atoms with Gasteiger partial charge in [-0.3, -0.25) is 4.90 Å². The molecule has 1 aromatic carbocycles. The van der Waals surface area contributed by atoms with Gasteiger partial charge in [-0.2, -0.15) is 0 Å². The van der Waals surface area contributed by atoms with E-state index < -0.39 is 0 Å². The Morgan fingerprint density at radius 1 is 1.29 bits per heavy atom. The van der Waals surface area contributed by atoms with E-state index in [0.29, 0.717) is 6.04 Å². The third-order valence-corrected chi connectivity index (χ3v) is 4.41. The van der Waals surface area contributed by atoms with Crippen molar-refractivity contribution in [1.29, 1.82) is 0 Å². The van der Waals surface area contributed by atoms with E-state index in [9.17, 15) is 0 Å². The molecule has 0 amide bonds. The Morgan fingerprint density at radius 3 is 2.62 bits per heavy atom. The van der Waals surface area contributed by atoms with Gasteiger partial charge in [-0.05, 0) is 37.1 Å². The Kier molecular flexibility index (Phi) is 8.10. The molecule has 2 heterocycles. The van der Waals surface area contributed by atoms with Crippen LogP contribution in [-0.2, 0) is 0 Å². The molecule has 134 valence electrons. The molecule has 2 N–H and O–H groups in total. The van der Waals surface area contributed by atoms with E-state index >= 15 is 0 Å². The summed E-state index contributed by atoms with van der Waals surface area (Å²) in [6.45, 7) is 10.5. The average molecular weight is 372 g/mol. The van der Waals surface area contributed by atoms with Gasteiger partial charge in [0.05, 0.1) is 7.11 Å². The topological polar surface area (TPSA) is 40.3 Å². The molecule has 0 radical (unpaired) electrons. The monoisotopic (exact) mass is 371 g/mol. The number of nitrogens with zero attached hydrogens (tertiary/aromatic N) is 1. The van der Waals surface area contributed by atoms with Crippen molar-refractivity contribution in [1.82, 2.24) is 15.2 Å². The van der Waals surface area contributed by atoms with Crippen molar-refractivity contribution in [2.75, 3.05) is 33.3 Å². The van der Waals surface area contributed by atoms with E-state index in [-0.39, 0.29) is 24.8 Å². The third kappa shape index (κ3) is 4.45. The van der Waals surface area contributed by atoms with Gasteiger partial charge < -0.3 is 15.0 Å². The van der Waals surface area contributed by atoms with E-state index in [0.717, 1.165) is 43.9 Å². The van der Waals surface area contributed by atoms with Crippen LogP contribution in [0.5, 0.6) is 5.75 Å². The zero-order valence-electron chi connectivity index (χ0n) is 14.3. The number of piperazine rings is 1. The molecule has 1 fully saturated rings. The summed E-state index contributed by atoms with van der Waals surface area (Å²) < 4.78 is 5.40. The second-order valence-electron chi connectivity index (χ2n) is 6.12. The zero-order chi connectivity index (χ0) is 15.5. The fourth-order valence-corrected chi connectivity index (χ4v) is 3.28. The first-order valence-electron chi connectivity index (χ1n) is 7.93. The molecule has 1 saturated heterocycles. The van der Waals surface area contributed by atoms with E-state index in [1.807, 2.05) is 6.07 Å². The molecule has 24 heavy (non-hydrogen) atoms. The van der Waals surface area contributed by atoms with Crippen LogP contribution in [0.2, 0.25) is 0 Å². The van der Waals surface area contributed by atoms with Gasteiger partial charge in [-0.15, -0.1) is 31.4 Å². The average Bonchev–Trinajstić information content (AvgIpc) is 2.96. The van der Waals surface area contributed by atoms with Crippen LogP contribution in [0.1, 0.15) is 24.9 Å². The molecule has 1 aliphatic heterocycles. The standard InChI is InChI=1S/C18H25N3O.2ClH/c1-13(2)10-18(21-8-6-19-7-9-21)16-12-20-17-5-4-14(22-3)11-15(16)17;;/h4-5,11-12,18-20H,1,6-10H2,2-3H3;2*1H/t18-;;/m1../s1. The van der Waals surface area contributed by atoms with Gasteiger partial charge in [0.1, 0.15) is 5.75 Å². The lowest BCUT2D eigenvalue weighted by molar-refractivity contribution is 0.173. The Morgan fingerprint density at radius 2 is 2.00 bits per heavy atom. The second kappa shape index (κ2) is 9.33. The maximum absolute atomic E-state index is 5.40. The van der Waals surface area contributed by atoms with Crippen LogP contribution in [0.25, 0.3) is 10.9 Å². The van der Waals surface area contributed by atoms with Gasteiger partial charge in [-0.25, -0.2) is 0 Å². The smallest absolute Gasteiger partial charge is 0.119 e. The normalized spacial score (nSPS) is 16.1. The van der Waals surface area contributed by atoms with Crippen LogP contribution in [0.15, 0.2) is 36.5 Å². The number of hydrogen-bond donors (Lipinski definition) is 2. The van der Waals surface area contributed by atoms with Crippen LogP contribution < -0.4 is 10.1 Å². The van der Waals surface area contributed by atoms with Gasteiger partial charge in [0.2, 0.25) is 0 Å². The highest BCUT2D eigenvalue weighted by Crippen LogP contribution is 2.34. The van der Waals surface area contributed by atoms with Crippen molar-refractivity contribution in [3.63, 3.8) is 0 Å². The highest BCUT2D eigenvalue weighted by molar-refractivity contribution is 5.86. The summed E-state index contributed by atoms with van der Waals surface area (Å²) in [4.78, 5) is 5.97. The van der Waals surface area contributed by atoms with E-state index in [1.165, 1.54) is 16.5 Å². The number of nitrogens with one attached hydrogen (secondary N) is 2. The highest BCUT2D eigenvalue weighted by Gasteiger charge is 2.24. The van der Waals surface area contributed by atoms with Crippen molar-refractivity contribution in [2.45, 2.75) is 19.4 Å². The van der Waals surface area contributed by atoms with Crippen molar-refractivity contribution >= 4 is 35.7 Å². The number of aromatic amines is 1. The first-order valence-corrected chi connectivity index (χ1v) is 7.93. The van der Waals surface area contributed by atoms with E-state index in [1.54, 1.807) is 7.11 Å². The number of hydrogen-bond acceptors (Lipinski definition) is 3. The lowest BCUT2D eigenvalue weighted by Gasteiger charge is -2.35. The molecule has 2 aromatic rings. The van der Waals surface area contributed by atoms with Crippen LogP contribution in [0.3, 0.4) is 0 Å². The molecule has 0 spiro atoms. The molecule has 0 bridgehead atoms. The summed E-state index contributed by atoms with van der Waals surface area (Å²) in [5.41, 5.74) is 3.73. The fourth-order valence-electron chi connectivity index (χ4n) is 3.28. The quantitative estimate of drug-likeness (QED) is 0.782. The lowest BCUT2D eigenvalue weighted by Crippen LogP contribution is -2.45. The Labute approximate surface area is 156 Å². The number of fused-ring (bicyclic) bond motifs is 1.